The summed E-state index contributed by atoms with van der Waals surface area (Å²) in [6, 6.07) is 0. The maximum absolute atomic E-state index is 11.2. The highest BCUT2D eigenvalue weighted by molar-refractivity contribution is 5.81. The summed E-state index contributed by atoms with van der Waals surface area (Å²) in [5.74, 6) is -0.638. The molecule has 2 N–H and O–H groups in total. The topological polar surface area (TPSA) is 75.6 Å². The number of carbonyl (C=O) groups is 2. The predicted molar refractivity (Wildman–Crippen MR) is 55.2 cm³/mol. The van der Waals surface area contributed by atoms with Crippen molar-refractivity contribution < 1.29 is 19.4 Å². The van der Waals surface area contributed by atoms with E-state index in [1.807, 2.05) is 0 Å². The van der Waals surface area contributed by atoms with Crippen LogP contribution in [0.2, 0.25) is 0 Å². The second-order valence-electron chi connectivity index (χ2n) is 3.89. The van der Waals surface area contributed by atoms with Crippen molar-refractivity contribution >= 4 is 11.9 Å². The minimum atomic E-state index is -0.931. The molecule has 0 unspecified atom stereocenters. The van der Waals surface area contributed by atoms with Gasteiger partial charge >= 0.3 is 5.97 Å². The first-order chi connectivity index (χ1) is 6.85. The monoisotopic (exact) mass is 217 g/mol. The number of hydrogen-bond donors (Lipinski definition) is 2. The Kier molecular flexibility index (Phi) is 5.93. The molecule has 0 rings (SSSR count). The smallest absolute Gasteiger partial charge is 0.306 e. The Morgan fingerprint density at radius 2 is 1.93 bits per heavy atom. The van der Waals surface area contributed by atoms with E-state index in [1.54, 1.807) is 20.8 Å². The van der Waals surface area contributed by atoms with Crippen LogP contribution in [0.1, 0.15) is 33.6 Å². The van der Waals surface area contributed by atoms with Gasteiger partial charge in [-0.2, -0.15) is 0 Å². The molecule has 88 valence electrons. The van der Waals surface area contributed by atoms with Gasteiger partial charge in [0.1, 0.15) is 0 Å². The molecule has 0 aliphatic carbocycles. The van der Waals surface area contributed by atoms with Crippen molar-refractivity contribution in [3.8, 4) is 0 Å². The van der Waals surface area contributed by atoms with E-state index in [1.165, 1.54) is 0 Å². The van der Waals surface area contributed by atoms with Crippen LogP contribution in [0.25, 0.3) is 0 Å². The quantitative estimate of drug-likeness (QED) is 0.624. The highest BCUT2D eigenvalue weighted by Crippen LogP contribution is 1.98. The molecule has 1 amide bonds. The molecule has 0 aliphatic heterocycles. The van der Waals surface area contributed by atoms with Crippen molar-refractivity contribution in [3.63, 3.8) is 0 Å². The van der Waals surface area contributed by atoms with Crippen molar-refractivity contribution in [2.75, 3.05) is 13.2 Å². The number of ether oxygens (including phenoxy) is 1. The summed E-state index contributed by atoms with van der Waals surface area (Å²) in [7, 11) is 0. The normalized spacial score (nSPS) is 10.9. The van der Waals surface area contributed by atoms with Crippen molar-refractivity contribution in [2.24, 2.45) is 0 Å². The van der Waals surface area contributed by atoms with Gasteiger partial charge in [-0.05, 0) is 20.8 Å². The van der Waals surface area contributed by atoms with E-state index in [-0.39, 0.29) is 31.3 Å². The summed E-state index contributed by atoms with van der Waals surface area (Å²) < 4.78 is 4.67. The molecule has 0 saturated carbocycles. The largest absolute Gasteiger partial charge is 0.466 e. The number of esters is 1. The Labute approximate surface area is 89.8 Å². The third-order valence-corrected chi connectivity index (χ3v) is 1.58. The zero-order chi connectivity index (χ0) is 11.9. The molecule has 0 aliphatic rings. The van der Waals surface area contributed by atoms with Crippen LogP contribution in [-0.2, 0) is 14.3 Å². The van der Waals surface area contributed by atoms with E-state index in [9.17, 15) is 14.7 Å². The summed E-state index contributed by atoms with van der Waals surface area (Å²) in [4.78, 5) is 22.1. The molecular formula is C10H19NO4. The summed E-state index contributed by atoms with van der Waals surface area (Å²) in [5, 5.41) is 11.8. The van der Waals surface area contributed by atoms with Gasteiger partial charge in [0.15, 0.2) is 0 Å². The average Bonchev–Trinajstić information content (AvgIpc) is 2.11. The number of nitrogens with one attached hydrogen (secondary N) is 1. The lowest BCUT2D eigenvalue weighted by atomic mass is 10.1. The van der Waals surface area contributed by atoms with Crippen LogP contribution in [-0.4, -0.2) is 35.7 Å². The Hall–Kier alpha value is -1.10. The van der Waals surface area contributed by atoms with Crippen molar-refractivity contribution in [1.29, 1.82) is 0 Å². The number of rotatable bonds is 6. The van der Waals surface area contributed by atoms with Crippen LogP contribution in [0.3, 0.4) is 0 Å². The Balaban J connectivity index is 3.62. The molecule has 5 nitrogen and oxygen atoms in total. The predicted octanol–water partition coefficient (Wildman–Crippen LogP) is 0.217. The highest BCUT2D eigenvalue weighted by Gasteiger charge is 2.14. The van der Waals surface area contributed by atoms with Gasteiger partial charge in [-0.3, -0.25) is 9.59 Å². The second-order valence-corrected chi connectivity index (χ2v) is 3.89. The molecule has 15 heavy (non-hydrogen) atoms. The van der Waals surface area contributed by atoms with E-state index >= 15 is 0 Å². The molecule has 0 heterocycles. The van der Waals surface area contributed by atoms with Gasteiger partial charge in [-0.15, -0.1) is 0 Å². The molecule has 0 radical (unpaired) electrons. The van der Waals surface area contributed by atoms with E-state index in [4.69, 9.17) is 0 Å². The van der Waals surface area contributed by atoms with E-state index in [0.29, 0.717) is 6.61 Å². The molecule has 5 heteroatoms. The van der Waals surface area contributed by atoms with Crippen molar-refractivity contribution in [2.45, 2.75) is 39.2 Å². The third-order valence-electron chi connectivity index (χ3n) is 1.58. The van der Waals surface area contributed by atoms with E-state index in [0.717, 1.165) is 0 Å². The summed E-state index contributed by atoms with van der Waals surface area (Å²) in [6.07, 6.45) is 0.167. The fourth-order valence-electron chi connectivity index (χ4n) is 0.852. The van der Waals surface area contributed by atoms with Gasteiger partial charge in [0.05, 0.1) is 18.6 Å². The van der Waals surface area contributed by atoms with Crippen LogP contribution in [0, 0.1) is 0 Å². The standard InChI is InChI=1S/C10H19NO4/c1-4-15-9(13)6-5-8(12)11-7-10(2,3)14/h14H,4-7H2,1-3H3,(H,11,12). The number of carbonyl (C=O) groups excluding carboxylic acids is 2. The highest BCUT2D eigenvalue weighted by atomic mass is 16.5. The van der Waals surface area contributed by atoms with Crippen molar-refractivity contribution in [3.05, 3.63) is 0 Å². The van der Waals surface area contributed by atoms with Gasteiger partial charge in [0, 0.05) is 13.0 Å². The van der Waals surface area contributed by atoms with Crippen LogP contribution >= 0.6 is 0 Å². The van der Waals surface area contributed by atoms with Crippen LogP contribution in [0.15, 0.2) is 0 Å². The lowest BCUT2D eigenvalue weighted by Crippen LogP contribution is -2.38. The Morgan fingerprint density at radius 3 is 2.40 bits per heavy atom. The Morgan fingerprint density at radius 1 is 1.33 bits per heavy atom. The Bertz CT molecular complexity index is 220. The zero-order valence-corrected chi connectivity index (χ0v) is 9.50. The number of amides is 1. The van der Waals surface area contributed by atoms with Crippen LogP contribution < -0.4 is 5.32 Å². The summed E-state index contributed by atoms with van der Waals surface area (Å²) >= 11 is 0. The van der Waals surface area contributed by atoms with Crippen LogP contribution in [0.4, 0.5) is 0 Å². The minimum Gasteiger partial charge on any atom is -0.466 e. The molecule has 0 atom stereocenters. The molecule has 0 spiro atoms. The van der Waals surface area contributed by atoms with Gasteiger partial charge in [-0.25, -0.2) is 0 Å². The molecule has 0 aromatic rings. The first-order valence-corrected chi connectivity index (χ1v) is 5.00. The first-order valence-electron chi connectivity index (χ1n) is 5.00. The van der Waals surface area contributed by atoms with Gasteiger partial charge in [0.2, 0.25) is 5.91 Å². The molecule has 0 bridgehead atoms. The first kappa shape index (κ1) is 13.9. The minimum absolute atomic E-state index is 0.0749. The molecule has 0 aromatic heterocycles. The number of aliphatic hydroxyl groups is 1. The van der Waals surface area contributed by atoms with Crippen LogP contribution in [0.5, 0.6) is 0 Å². The summed E-state index contributed by atoms with van der Waals surface area (Å²) in [6.45, 7) is 5.41. The fraction of sp³-hybridized carbons (Fsp3) is 0.800. The zero-order valence-electron chi connectivity index (χ0n) is 9.50. The molecule has 0 saturated heterocycles. The molecule has 0 fully saturated rings. The SMILES string of the molecule is CCOC(=O)CCC(=O)NCC(C)(C)O. The molecule has 0 aromatic carbocycles. The maximum atomic E-state index is 11.2. The summed E-state index contributed by atoms with van der Waals surface area (Å²) in [5.41, 5.74) is -0.931. The van der Waals surface area contributed by atoms with Gasteiger partial charge in [0.25, 0.3) is 0 Å². The van der Waals surface area contributed by atoms with Gasteiger partial charge in [-0.1, -0.05) is 0 Å². The lowest BCUT2D eigenvalue weighted by molar-refractivity contribution is -0.144. The average molecular weight is 217 g/mol. The fourth-order valence-corrected chi connectivity index (χ4v) is 0.852. The van der Waals surface area contributed by atoms with Crippen molar-refractivity contribution in [1.82, 2.24) is 5.32 Å². The lowest BCUT2D eigenvalue weighted by Gasteiger charge is -2.17. The molecular weight excluding hydrogens is 198 g/mol. The van der Waals surface area contributed by atoms with Gasteiger partial charge < -0.3 is 15.2 Å². The maximum Gasteiger partial charge on any atom is 0.306 e. The van der Waals surface area contributed by atoms with E-state index in [2.05, 4.69) is 10.1 Å². The number of hydrogen-bond acceptors (Lipinski definition) is 4. The second kappa shape index (κ2) is 6.40. The third kappa shape index (κ3) is 9.21. The van der Waals surface area contributed by atoms with E-state index < -0.39 is 5.60 Å².